The Hall–Kier alpha value is -1.89. The topological polar surface area (TPSA) is 93.3 Å². The molecule has 0 aliphatic heterocycles. The summed E-state index contributed by atoms with van der Waals surface area (Å²) in [5, 5.41) is 9.33. The zero-order valence-electron chi connectivity index (χ0n) is 13.3. The van der Waals surface area contributed by atoms with Crippen LogP contribution in [0.4, 0.5) is 5.82 Å². The van der Waals surface area contributed by atoms with Gasteiger partial charge in [-0.1, -0.05) is 0 Å². The maximum atomic E-state index is 12.0. The van der Waals surface area contributed by atoms with Crippen molar-refractivity contribution in [2.45, 2.75) is 46.1 Å². The standard InChI is InChI=1S/C15H23N3O4/c1-4-21-11-6-10(7-11)8-12(19)16-14-9(3)13(17-18-14)15(20)22-5-2/h10-11H,4-8H2,1-3H3,(H2,16,17,18,19). The molecule has 1 aromatic rings. The normalized spacial score (nSPS) is 20.3. The van der Waals surface area contributed by atoms with Gasteiger partial charge in [0.2, 0.25) is 5.91 Å². The summed E-state index contributed by atoms with van der Waals surface area (Å²) in [5.41, 5.74) is 0.866. The Bertz CT molecular complexity index is 535. The average molecular weight is 309 g/mol. The van der Waals surface area contributed by atoms with Crippen molar-refractivity contribution in [1.29, 1.82) is 0 Å². The maximum Gasteiger partial charge on any atom is 0.356 e. The molecule has 7 heteroatoms. The smallest absolute Gasteiger partial charge is 0.356 e. The summed E-state index contributed by atoms with van der Waals surface area (Å²) in [6, 6.07) is 0. The van der Waals surface area contributed by atoms with Crippen LogP contribution in [0, 0.1) is 12.8 Å². The molecule has 1 saturated carbocycles. The van der Waals surface area contributed by atoms with Gasteiger partial charge in [0.05, 0.1) is 12.7 Å². The van der Waals surface area contributed by atoms with Crippen molar-refractivity contribution in [3.05, 3.63) is 11.3 Å². The summed E-state index contributed by atoms with van der Waals surface area (Å²) in [4.78, 5) is 23.7. The van der Waals surface area contributed by atoms with Gasteiger partial charge in [-0.2, -0.15) is 5.10 Å². The quantitative estimate of drug-likeness (QED) is 0.752. The molecule has 7 nitrogen and oxygen atoms in total. The minimum Gasteiger partial charge on any atom is -0.461 e. The van der Waals surface area contributed by atoms with E-state index in [0.29, 0.717) is 43.0 Å². The van der Waals surface area contributed by atoms with Gasteiger partial charge in [0.25, 0.3) is 0 Å². The van der Waals surface area contributed by atoms with Crippen LogP contribution in [0.5, 0.6) is 0 Å². The van der Waals surface area contributed by atoms with E-state index < -0.39 is 5.97 Å². The maximum absolute atomic E-state index is 12.0. The van der Waals surface area contributed by atoms with E-state index in [1.54, 1.807) is 13.8 Å². The molecule has 1 heterocycles. The summed E-state index contributed by atoms with van der Waals surface area (Å²) >= 11 is 0. The highest BCUT2D eigenvalue weighted by molar-refractivity contribution is 5.94. The van der Waals surface area contributed by atoms with Crippen LogP contribution in [0.2, 0.25) is 0 Å². The number of nitrogens with zero attached hydrogens (tertiary/aromatic N) is 1. The third-order valence-electron chi connectivity index (χ3n) is 3.82. The second-order valence-electron chi connectivity index (χ2n) is 5.46. The Balaban J connectivity index is 1.84. The van der Waals surface area contributed by atoms with E-state index >= 15 is 0 Å². The van der Waals surface area contributed by atoms with Crippen LogP contribution in [0.3, 0.4) is 0 Å². The van der Waals surface area contributed by atoms with Gasteiger partial charge in [-0.15, -0.1) is 0 Å². The Morgan fingerprint density at radius 1 is 1.32 bits per heavy atom. The summed E-state index contributed by atoms with van der Waals surface area (Å²) in [6.07, 6.45) is 2.60. The number of H-pyrrole nitrogens is 1. The first kappa shape index (κ1) is 16.5. The van der Waals surface area contributed by atoms with Crippen LogP contribution in [-0.4, -0.2) is 41.4 Å². The molecule has 1 amide bonds. The first-order chi connectivity index (χ1) is 10.5. The minimum absolute atomic E-state index is 0.0926. The Labute approximate surface area is 129 Å². The molecular formula is C15H23N3O4. The fourth-order valence-electron chi connectivity index (χ4n) is 2.58. The molecule has 122 valence electrons. The van der Waals surface area contributed by atoms with Gasteiger partial charge >= 0.3 is 5.97 Å². The van der Waals surface area contributed by atoms with E-state index in [2.05, 4.69) is 15.5 Å². The molecule has 1 fully saturated rings. The van der Waals surface area contributed by atoms with E-state index in [4.69, 9.17) is 9.47 Å². The monoisotopic (exact) mass is 309 g/mol. The van der Waals surface area contributed by atoms with Gasteiger partial charge in [0, 0.05) is 18.6 Å². The molecular weight excluding hydrogens is 286 g/mol. The van der Waals surface area contributed by atoms with Crippen molar-refractivity contribution >= 4 is 17.7 Å². The number of hydrogen-bond acceptors (Lipinski definition) is 5. The highest BCUT2D eigenvalue weighted by atomic mass is 16.5. The molecule has 0 bridgehead atoms. The zero-order chi connectivity index (χ0) is 16.1. The molecule has 0 radical (unpaired) electrons. The molecule has 0 aromatic carbocycles. The average Bonchev–Trinajstić information content (AvgIpc) is 2.78. The molecule has 1 aliphatic rings. The van der Waals surface area contributed by atoms with E-state index in [0.717, 1.165) is 12.8 Å². The van der Waals surface area contributed by atoms with Gasteiger partial charge in [-0.3, -0.25) is 9.89 Å². The lowest BCUT2D eigenvalue weighted by Crippen LogP contribution is -2.34. The minimum atomic E-state index is -0.466. The number of aromatic nitrogens is 2. The second-order valence-corrected chi connectivity index (χ2v) is 5.46. The van der Waals surface area contributed by atoms with Crippen LogP contribution in [0.25, 0.3) is 0 Å². The van der Waals surface area contributed by atoms with Gasteiger partial charge in [-0.25, -0.2) is 4.79 Å². The van der Waals surface area contributed by atoms with Crippen LogP contribution < -0.4 is 5.32 Å². The van der Waals surface area contributed by atoms with Gasteiger partial charge < -0.3 is 14.8 Å². The van der Waals surface area contributed by atoms with Gasteiger partial charge in [-0.05, 0) is 39.5 Å². The molecule has 2 rings (SSSR count). The third-order valence-corrected chi connectivity index (χ3v) is 3.82. The predicted octanol–water partition coefficient (Wildman–Crippen LogP) is 2.04. The highest BCUT2D eigenvalue weighted by Gasteiger charge is 2.31. The van der Waals surface area contributed by atoms with Crippen molar-refractivity contribution in [2.24, 2.45) is 5.92 Å². The fraction of sp³-hybridized carbons (Fsp3) is 0.667. The molecule has 2 N–H and O–H groups in total. The summed E-state index contributed by atoms with van der Waals surface area (Å²) in [5.74, 6) is 0.186. The van der Waals surface area contributed by atoms with Crippen LogP contribution in [-0.2, 0) is 14.3 Å². The number of carbonyl (C=O) groups excluding carboxylic acids is 2. The molecule has 0 spiro atoms. The van der Waals surface area contributed by atoms with E-state index in [1.165, 1.54) is 0 Å². The lowest BCUT2D eigenvalue weighted by molar-refractivity contribution is -0.119. The number of ether oxygens (including phenoxy) is 2. The number of rotatable bonds is 7. The van der Waals surface area contributed by atoms with E-state index in [9.17, 15) is 9.59 Å². The molecule has 0 unspecified atom stereocenters. The largest absolute Gasteiger partial charge is 0.461 e. The Kier molecular flexibility index (Phi) is 5.54. The van der Waals surface area contributed by atoms with Crippen molar-refractivity contribution < 1.29 is 19.1 Å². The van der Waals surface area contributed by atoms with Crippen molar-refractivity contribution in [3.63, 3.8) is 0 Å². The summed E-state index contributed by atoms with van der Waals surface area (Å²) in [7, 11) is 0. The highest BCUT2D eigenvalue weighted by Crippen LogP contribution is 2.33. The Morgan fingerprint density at radius 3 is 2.68 bits per heavy atom. The van der Waals surface area contributed by atoms with Crippen molar-refractivity contribution in [1.82, 2.24) is 10.2 Å². The SMILES string of the molecule is CCOC(=O)c1[nH]nc(NC(=O)CC2CC(OCC)C2)c1C. The summed E-state index contributed by atoms with van der Waals surface area (Å²) in [6.45, 7) is 6.44. The summed E-state index contributed by atoms with van der Waals surface area (Å²) < 4.78 is 10.4. The predicted molar refractivity (Wildman–Crippen MR) is 80.7 cm³/mol. The second kappa shape index (κ2) is 7.40. The molecule has 22 heavy (non-hydrogen) atoms. The lowest BCUT2D eigenvalue weighted by atomic mass is 9.80. The first-order valence-corrected chi connectivity index (χ1v) is 7.68. The number of amides is 1. The number of carbonyl (C=O) groups is 2. The molecule has 0 atom stereocenters. The third kappa shape index (κ3) is 3.85. The number of hydrogen-bond donors (Lipinski definition) is 2. The number of anilines is 1. The molecule has 0 saturated heterocycles. The van der Waals surface area contributed by atoms with Gasteiger partial charge in [0.1, 0.15) is 5.69 Å². The lowest BCUT2D eigenvalue weighted by Gasteiger charge is -2.34. The molecule has 1 aromatic heterocycles. The van der Waals surface area contributed by atoms with E-state index in [1.807, 2.05) is 6.92 Å². The zero-order valence-corrected chi connectivity index (χ0v) is 13.3. The van der Waals surface area contributed by atoms with Crippen LogP contribution >= 0.6 is 0 Å². The van der Waals surface area contributed by atoms with E-state index in [-0.39, 0.29) is 11.6 Å². The van der Waals surface area contributed by atoms with Gasteiger partial charge in [0.15, 0.2) is 5.82 Å². The molecule has 1 aliphatic carbocycles. The number of esters is 1. The first-order valence-electron chi connectivity index (χ1n) is 7.68. The number of nitrogens with one attached hydrogen (secondary N) is 2. The van der Waals surface area contributed by atoms with Crippen molar-refractivity contribution in [3.8, 4) is 0 Å². The van der Waals surface area contributed by atoms with Crippen LogP contribution in [0.1, 0.15) is 49.2 Å². The fourth-order valence-corrected chi connectivity index (χ4v) is 2.58. The van der Waals surface area contributed by atoms with Crippen LogP contribution in [0.15, 0.2) is 0 Å². The number of aromatic amines is 1. The van der Waals surface area contributed by atoms with Crippen molar-refractivity contribution in [2.75, 3.05) is 18.5 Å². The Morgan fingerprint density at radius 2 is 2.05 bits per heavy atom.